The van der Waals surface area contributed by atoms with E-state index in [1.807, 2.05) is 18.2 Å². The zero-order valence-corrected chi connectivity index (χ0v) is 14.6. The zero-order valence-electron chi connectivity index (χ0n) is 14.6. The molecule has 0 fully saturated rings. The molecule has 0 aliphatic carbocycles. The first kappa shape index (κ1) is 18.7. The van der Waals surface area contributed by atoms with Gasteiger partial charge in [0, 0.05) is 17.5 Å². The summed E-state index contributed by atoms with van der Waals surface area (Å²) in [6.45, 7) is -1.86. The monoisotopic (exact) mass is 376 g/mol. The normalized spacial score (nSPS) is 13.5. The highest BCUT2D eigenvalue weighted by Gasteiger charge is 2.15. The molecule has 0 radical (unpaired) electrons. The molecule has 1 aliphatic rings. The van der Waals surface area contributed by atoms with E-state index in [9.17, 15) is 13.6 Å². The van der Waals surface area contributed by atoms with Crippen molar-refractivity contribution >= 4 is 11.9 Å². The molecule has 0 saturated heterocycles. The summed E-state index contributed by atoms with van der Waals surface area (Å²) in [5.41, 5.74) is 0.997. The number of methoxy groups -OCH3 is 1. The maximum atomic E-state index is 12.5. The molecule has 5 nitrogen and oxygen atoms in total. The zero-order chi connectivity index (χ0) is 19.2. The van der Waals surface area contributed by atoms with E-state index in [4.69, 9.17) is 14.2 Å². The summed E-state index contributed by atoms with van der Waals surface area (Å²) in [7, 11) is 1.31. The van der Waals surface area contributed by atoms with Crippen molar-refractivity contribution in [2.75, 3.05) is 20.3 Å². The second-order valence-corrected chi connectivity index (χ2v) is 5.67. The summed E-state index contributed by atoms with van der Waals surface area (Å²) in [5, 5.41) is 0. The smallest absolute Gasteiger partial charge is 0.387 e. The minimum Gasteiger partial charge on any atom is -0.493 e. The topological polar surface area (TPSA) is 54.0 Å². The van der Waals surface area contributed by atoms with Gasteiger partial charge in [-0.15, -0.1) is 0 Å². The molecule has 0 amide bonds. The first-order valence-corrected chi connectivity index (χ1v) is 8.32. The minimum absolute atomic E-state index is 0.0554. The van der Waals surface area contributed by atoms with Crippen LogP contribution in [0.3, 0.4) is 0 Å². The van der Waals surface area contributed by atoms with Crippen LogP contribution in [-0.2, 0) is 0 Å². The van der Waals surface area contributed by atoms with E-state index in [0.29, 0.717) is 30.3 Å². The minimum atomic E-state index is -2.98. The van der Waals surface area contributed by atoms with Gasteiger partial charge in [0.05, 0.1) is 20.3 Å². The molecule has 0 saturated carbocycles. The lowest BCUT2D eigenvalue weighted by Crippen LogP contribution is -2.04. The number of para-hydroxylation sites is 1. The number of ether oxygens (including phenoxy) is 4. The van der Waals surface area contributed by atoms with Gasteiger partial charge >= 0.3 is 6.61 Å². The van der Waals surface area contributed by atoms with Crippen LogP contribution in [0.15, 0.2) is 42.5 Å². The van der Waals surface area contributed by atoms with Crippen LogP contribution in [0.4, 0.5) is 8.78 Å². The molecule has 0 N–H and O–H groups in total. The fourth-order valence-electron chi connectivity index (χ4n) is 2.62. The highest BCUT2D eigenvalue weighted by molar-refractivity contribution is 6.07. The molecule has 1 heterocycles. The van der Waals surface area contributed by atoms with Crippen LogP contribution in [0.1, 0.15) is 22.3 Å². The Morgan fingerprint density at radius 3 is 2.74 bits per heavy atom. The van der Waals surface area contributed by atoms with Crippen LogP contribution >= 0.6 is 0 Å². The number of halogens is 2. The van der Waals surface area contributed by atoms with E-state index >= 15 is 0 Å². The van der Waals surface area contributed by atoms with Gasteiger partial charge in [-0.25, -0.2) is 0 Å². The predicted octanol–water partition coefficient (Wildman–Crippen LogP) is 4.35. The van der Waals surface area contributed by atoms with E-state index in [1.165, 1.54) is 31.4 Å². The summed E-state index contributed by atoms with van der Waals surface area (Å²) in [5.74, 6) is 0.838. The average molecular weight is 376 g/mol. The van der Waals surface area contributed by atoms with Crippen molar-refractivity contribution in [2.24, 2.45) is 0 Å². The number of allylic oxidation sites excluding steroid dienone is 1. The van der Waals surface area contributed by atoms with Crippen molar-refractivity contribution in [3.8, 4) is 23.0 Å². The molecule has 0 spiro atoms. The van der Waals surface area contributed by atoms with Gasteiger partial charge in [0.25, 0.3) is 0 Å². The molecule has 7 heteroatoms. The standard InChI is InChI=1S/C20H18F2O5/c1-24-18-12-14(7-9-16(18)27-20(21)22)15(23)8-6-13-4-2-5-17-19(13)26-11-3-10-25-17/h2,4-9,12,20H,3,10-11H2,1H3/b8-6-. The third kappa shape index (κ3) is 4.55. The van der Waals surface area contributed by atoms with Crippen molar-refractivity contribution in [3.63, 3.8) is 0 Å². The Hall–Kier alpha value is -3.09. The average Bonchev–Trinajstić information content (AvgIpc) is 2.91. The first-order chi connectivity index (χ1) is 13.1. The summed E-state index contributed by atoms with van der Waals surface area (Å²) in [4.78, 5) is 12.5. The van der Waals surface area contributed by atoms with Gasteiger partial charge < -0.3 is 18.9 Å². The van der Waals surface area contributed by atoms with Crippen LogP contribution in [0.2, 0.25) is 0 Å². The third-order valence-corrected chi connectivity index (χ3v) is 3.88. The number of carbonyl (C=O) groups is 1. The molecule has 2 aromatic rings. The van der Waals surface area contributed by atoms with Gasteiger partial charge in [-0.2, -0.15) is 8.78 Å². The second kappa shape index (κ2) is 8.53. The lowest BCUT2D eigenvalue weighted by atomic mass is 10.1. The van der Waals surface area contributed by atoms with Gasteiger partial charge in [-0.3, -0.25) is 4.79 Å². The van der Waals surface area contributed by atoms with Crippen molar-refractivity contribution in [1.82, 2.24) is 0 Å². The van der Waals surface area contributed by atoms with E-state index < -0.39 is 6.61 Å². The van der Waals surface area contributed by atoms with E-state index in [1.54, 1.807) is 6.08 Å². The lowest BCUT2D eigenvalue weighted by Gasteiger charge is -2.11. The van der Waals surface area contributed by atoms with E-state index in [2.05, 4.69) is 4.74 Å². The number of rotatable bonds is 6. The Balaban J connectivity index is 1.81. The quantitative estimate of drug-likeness (QED) is 0.554. The van der Waals surface area contributed by atoms with Crippen molar-refractivity contribution < 1.29 is 32.5 Å². The Labute approximate surface area is 155 Å². The molecule has 0 unspecified atom stereocenters. The summed E-state index contributed by atoms with van der Waals surface area (Å²) in [6.07, 6.45) is 3.79. The van der Waals surface area contributed by atoms with E-state index in [-0.39, 0.29) is 22.8 Å². The van der Waals surface area contributed by atoms with Crippen LogP contribution in [-0.4, -0.2) is 32.7 Å². The molecule has 1 aliphatic heterocycles. The van der Waals surface area contributed by atoms with Crippen LogP contribution in [0.25, 0.3) is 6.08 Å². The maximum Gasteiger partial charge on any atom is 0.387 e. The summed E-state index contributed by atoms with van der Waals surface area (Å²) >= 11 is 0. The molecular formula is C20H18F2O5. The van der Waals surface area contributed by atoms with Gasteiger partial charge in [0.2, 0.25) is 0 Å². The molecule has 2 aromatic carbocycles. The number of carbonyl (C=O) groups excluding carboxylic acids is 1. The second-order valence-electron chi connectivity index (χ2n) is 5.67. The SMILES string of the molecule is COc1cc(C(=O)/C=C\c2cccc3c2OCCCO3)ccc1OC(F)F. The number of hydrogen-bond acceptors (Lipinski definition) is 5. The number of benzene rings is 2. The Kier molecular flexibility index (Phi) is 5.90. The van der Waals surface area contributed by atoms with E-state index in [0.717, 1.165) is 6.42 Å². The van der Waals surface area contributed by atoms with Crippen molar-refractivity contribution in [2.45, 2.75) is 13.0 Å². The Bertz CT molecular complexity index is 848. The molecule has 142 valence electrons. The molecule has 3 rings (SSSR count). The van der Waals surface area contributed by atoms with Gasteiger partial charge in [0.15, 0.2) is 28.8 Å². The van der Waals surface area contributed by atoms with Crippen molar-refractivity contribution in [1.29, 1.82) is 0 Å². The van der Waals surface area contributed by atoms with Crippen LogP contribution < -0.4 is 18.9 Å². The van der Waals surface area contributed by atoms with Crippen LogP contribution in [0, 0.1) is 0 Å². The van der Waals surface area contributed by atoms with Crippen molar-refractivity contribution in [3.05, 3.63) is 53.6 Å². The fraction of sp³-hybridized carbons (Fsp3) is 0.250. The van der Waals surface area contributed by atoms with Gasteiger partial charge in [-0.05, 0) is 36.4 Å². The van der Waals surface area contributed by atoms with Gasteiger partial charge in [0.1, 0.15) is 0 Å². The van der Waals surface area contributed by atoms with Crippen LogP contribution in [0.5, 0.6) is 23.0 Å². The number of alkyl halides is 2. The maximum absolute atomic E-state index is 12.5. The highest BCUT2D eigenvalue weighted by atomic mass is 19.3. The Morgan fingerprint density at radius 2 is 1.96 bits per heavy atom. The fourth-order valence-corrected chi connectivity index (χ4v) is 2.62. The number of ketones is 1. The number of hydrogen-bond donors (Lipinski definition) is 0. The Morgan fingerprint density at radius 1 is 1.15 bits per heavy atom. The molecule has 27 heavy (non-hydrogen) atoms. The first-order valence-electron chi connectivity index (χ1n) is 8.32. The molecule has 0 bridgehead atoms. The van der Waals surface area contributed by atoms with Gasteiger partial charge in [-0.1, -0.05) is 12.1 Å². The summed E-state index contributed by atoms with van der Waals surface area (Å²) in [6, 6.07) is 9.48. The molecular weight excluding hydrogens is 358 g/mol. The third-order valence-electron chi connectivity index (χ3n) is 3.88. The highest BCUT2D eigenvalue weighted by Crippen LogP contribution is 2.34. The number of fused-ring (bicyclic) bond motifs is 1. The lowest BCUT2D eigenvalue weighted by molar-refractivity contribution is -0.0512. The summed E-state index contributed by atoms with van der Waals surface area (Å²) < 4.78 is 45.5. The predicted molar refractivity (Wildman–Crippen MR) is 95.0 cm³/mol. The largest absolute Gasteiger partial charge is 0.493 e. The molecule has 0 aromatic heterocycles. The molecule has 0 atom stereocenters.